The van der Waals surface area contributed by atoms with Crippen molar-refractivity contribution in [3.63, 3.8) is 0 Å². The van der Waals surface area contributed by atoms with Gasteiger partial charge in [0, 0.05) is 38.6 Å². The maximum absolute atomic E-state index is 12.2. The van der Waals surface area contributed by atoms with Crippen LogP contribution in [0.15, 0.2) is 53.9 Å². The summed E-state index contributed by atoms with van der Waals surface area (Å²) in [5.41, 5.74) is 3.36. The van der Waals surface area contributed by atoms with E-state index < -0.39 is 10.0 Å². The molecule has 4 rings (SSSR count). The standard InChI is InChI=1S/C25H31N3O4S/c1-17(19-5-3-6-22(29)13-19)32-25-15-20(14-24(26)23(25)16-27-2)18-7-9-21(10-8-18)28-11-4-12-33(28,30)31/h7-10,14-17,19,26-27H,3-6,11-13H2,1-2H3/b23-16+,26-24?/t17-,19+/m1/s1. The number of ketones is 1. The van der Waals surface area contributed by atoms with Crippen molar-refractivity contribution in [2.24, 2.45) is 5.92 Å². The van der Waals surface area contributed by atoms with Gasteiger partial charge in [-0.2, -0.15) is 0 Å². The molecule has 7 nitrogen and oxygen atoms in total. The minimum absolute atomic E-state index is 0.143. The first-order chi connectivity index (χ1) is 15.8. The molecule has 3 aliphatic rings. The molecule has 0 unspecified atom stereocenters. The van der Waals surface area contributed by atoms with E-state index in [9.17, 15) is 13.2 Å². The molecule has 0 bridgehead atoms. The average molecular weight is 470 g/mol. The van der Waals surface area contributed by atoms with E-state index in [1.54, 1.807) is 19.3 Å². The van der Waals surface area contributed by atoms with Crippen molar-refractivity contribution in [3.8, 4) is 0 Å². The number of allylic oxidation sites excluding steroid dienone is 4. The molecule has 1 heterocycles. The van der Waals surface area contributed by atoms with Crippen molar-refractivity contribution >= 4 is 32.8 Å². The van der Waals surface area contributed by atoms with Crippen molar-refractivity contribution in [1.29, 1.82) is 5.41 Å². The van der Waals surface area contributed by atoms with Crippen LogP contribution in [0.2, 0.25) is 0 Å². The number of carbonyl (C=O) groups is 1. The van der Waals surface area contributed by atoms with Crippen molar-refractivity contribution < 1.29 is 17.9 Å². The smallest absolute Gasteiger partial charge is 0.235 e. The van der Waals surface area contributed by atoms with Crippen LogP contribution in [0.1, 0.15) is 44.6 Å². The Morgan fingerprint density at radius 2 is 1.97 bits per heavy atom. The van der Waals surface area contributed by atoms with Gasteiger partial charge in [-0.1, -0.05) is 12.1 Å². The molecule has 1 aromatic carbocycles. The minimum atomic E-state index is -3.22. The molecule has 2 N–H and O–H groups in total. The van der Waals surface area contributed by atoms with Gasteiger partial charge >= 0.3 is 0 Å². The van der Waals surface area contributed by atoms with Gasteiger partial charge in [0.25, 0.3) is 0 Å². The van der Waals surface area contributed by atoms with E-state index in [2.05, 4.69) is 5.32 Å². The van der Waals surface area contributed by atoms with Gasteiger partial charge in [-0.05, 0) is 61.6 Å². The zero-order valence-corrected chi connectivity index (χ0v) is 20.0. The highest BCUT2D eigenvalue weighted by atomic mass is 32.2. The molecule has 0 spiro atoms. The monoisotopic (exact) mass is 469 g/mol. The normalized spacial score (nSPS) is 25.0. The lowest BCUT2D eigenvalue weighted by molar-refractivity contribution is -0.122. The molecule has 1 saturated heterocycles. The third kappa shape index (κ3) is 5.05. The van der Waals surface area contributed by atoms with Gasteiger partial charge < -0.3 is 15.5 Å². The average Bonchev–Trinajstić information content (AvgIpc) is 3.15. The number of carbonyl (C=O) groups excluding carboxylic acids is 1. The zero-order chi connectivity index (χ0) is 23.6. The lowest BCUT2D eigenvalue weighted by atomic mass is 9.85. The molecule has 8 heteroatoms. The second kappa shape index (κ2) is 9.55. The summed E-state index contributed by atoms with van der Waals surface area (Å²) in [7, 11) is -1.44. The van der Waals surface area contributed by atoms with Crippen LogP contribution in [0.5, 0.6) is 0 Å². The molecule has 1 aromatic rings. The van der Waals surface area contributed by atoms with Gasteiger partial charge in [-0.25, -0.2) is 8.42 Å². The topological polar surface area (TPSA) is 99.6 Å². The minimum Gasteiger partial charge on any atom is -0.490 e. The number of benzene rings is 1. The Morgan fingerprint density at radius 1 is 1.21 bits per heavy atom. The quantitative estimate of drug-likeness (QED) is 0.660. The molecule has 33 heavy (non-hydrogen) atoms. The predicted octanol–water partition coefficient (Wildman–Crippen LogP) is 3.79. The number of rotatable bonds is 6. The van der Waals surface area contributed by atoms with E-state index in [0.717, 1.165) is 24.0 Å². The summed E-state index contributed by atoms with van der Waals surface area (Å²) in [4.78, 5) is 11.9. The van der Waals surface area contributed by atoms with Crippen LogP contribution in [0.25, 0.3) is 5.57 Å². The molecule has 0 radical (unpaired) electrons. The first-order valence-corrected chi connectivity index (χ1v) is 13.1. The number of anilines is 1. The molecule has 0 aromatic heterocycles. The van der Waals surface area contributed by atoms with E-state index in [1.165, 1.54) is 4.31 Å². The molecule has 1 saturated carbocycles. The molecule has 1 aliphatic heterocycles. The third-order valence-corrected chi connectivity index (χ3v) is 8.39. The fraction of sp³-hybridized carbons (Fsp3) is 0.440. The summed E-state index contributed by atoms with van der Waals surface area (Å²) in [5, 5.41) is 11.6. The van der Waals surface area contributed by atoms with Gasteiger partial charge in [-0.3, -0.25) is 9.10 Å². The van der Waals surface area contributed by atoms with Gasteiger partial charge in [-0.15, -0.1) is 0 Å². The number of hydrogen-bond acceptors (Lipinski definition) is 6. The third-order valence-electron chi connectivity index (χ3n) is 6.52. The highest BCUT2D eigenvalue weighted by molar-refractivity contribution is 7.93. The molecule has 0 amide bonds. The number of sulfonamides is 1. The number of Topliss-reactive ketones (excluding diaryl/α,β-unsaturated/α-hetero) is 1. The Bertz CT molecular complexity index is 1130. The fourth-order valence-corrected chi connectivity index (χ4v) is 6.25. The Hall–Kier alpha value is -2.87. The van der Waals surface area contributed by atoms with Crippen LogP contribution < -0.4 is 9.62 Å². The van der Waals surface area contributed by atoms with Gasteiger partial charge in [0.05, 0.1) is 28.8 Å². The summed E-state index contributed by atoms with van der Waals surface area (Å²) in [6, 6.07) is 7.39. The number of nitrogens with zero attached hydrogens (tertiary/aromatic N) is 1. The molecular formula is C25H31N3O4S. The Balaban J connectivity index is 1.58. The van der Waals surface area contributed by atoms with E-state index in [4.69, 9.17) is 10.1 Å². The van der Waals surface area contributed by atoms with Gasteiger partial charge in [0.15, 0.2) is 0 Å². The van der Waals surface area contributed by atoms with Crippen molar-refractivity contribution in [1.82, 2.24) is 5.32 Å². The van der Waals surface area contributed by atoms with Crippen LogP contribution in [0, 0.1) is 11.3 Å². The molecule has 176 valence electrons. The first-order valence-electron chi connectivity index (χ1n) is 11.5. The molecule has 2 atom stereocenters. The Kier molecular flexibility index (Phi) is 6.74. The summed E-state index contributed by atoms with van der Waals surface area (Å²) >= 11 is 0. The maximum atomic E-state index is 12.2. The van der Waals surface area contributed by atoms with Crippen LogP contribution in [-0.2, 0) is 19.6 Å². The van der Waals surface area contributed by atoms with Gasteiger partial charge in [0.2, 0.25) is 10.0 Å². The molecule has 2 aliphatic carbocycles. The lowest BCUT2D eigenvalue weighted by Crippen LogP contribution is -2.28. The fourth-order valence-electron chi connectivity index (χ4n) is 4.69. The van der Waals surface area contributed by atoms with Crippen LogP contribution in [0.3, 0.4) is 0 Å². The van der Waals surface area contributed by atoms with E-state index in [1.807, 2.05) is 37.3 Å². The van der Waals surface area contributed by atoms with Crippen molar-refractivity contribution in [2.75, 3.05) is 23.7 Å². The molecule has 2 fully saturated rings. The van der Waals surface area contributed by atoms with Crippen molar-refractivity contribution in [3.05, 3.63) is 59.5 Å². The van der Waals surface area contributed by atoms with Crippen LogP contribution in [-0.4, -0.2) is 45.4 Å². The van der Waals surface area contributed by atoms with E-state index in [0.29, 0.717) is 54.3 Å². The summed E-state index contributed by atoms with van der Waals surface area (Å²) < 4.78 is 32.2. The van der Waals surface area contributed by atoms with E-state index >= 15 is 0 Å². The largest absolute Gasteiger partial charge is 0.490 e. The maximum Gasteiger partial charge on any atom is 0.235 e. The summed E-state index contributed by atoms with van der Waals surface area (Å²) in [6.07, 6.45) is 9.01. The van der Waals surface area contributed by atoms with E-state index in [-0.39, 0.29) is 17.8 Å². The molecular weight excluding hydrogens is 438 g/mol. The second-order valence-electron chi connectivity index (χ2n) is 8.88. The summed E-state index contributed by atoms with van der Waals surface area (Å²) in [6.45, 7) is 2.50. The Labute approximate surface area is 195 Å². The predicted molar refractivity (Wildman–Crippen MR) is 131 cm³/mol. The number of ether oxygens (including phenoxy) is 1. The number of nitrogens with one attached hydrogen (secondary N) is 2. The first kappa shape index (κ1) is 23.3. The second-order valence-corrected chi connectivity index (χ2v) is 10.9. The SMILES string of the molecule is CN/C=C1\C(=N)C=C(c2ccc(N3CCCS3(=O)=O)cc2)C=C1O[C@H](C)[C@H]1CCCC(=O)C1. The van der Waals surface area contributed by atoms with Gasteiger partial charge in [0.1, 0.15) is 11.5 Å². The summed E-state index contributed by atoms with van der Waals surface area (Å²) in [5.74, 6) is 1.25. The van der Waals surface area contributed by atoms with Crippen molar-refractivity contribution in [2.45, 2.75) is 45.1 Å². The lowest BCUT2D eigenvalue weighted by Gasteiger charge is -2.30. The van der Waals surface area contributed by atoms with Crippen LogP contribution in [0.4, 0.5) is 5.69 Å². The van der Waals surface area contributed by atoms with Crippen LogP contribution >= 0.6 is 0 Å². The number of hydrogen-bond donors (Lipinski definition) is 2. The zero-order valence-electron chi connectivity index (χ0n) is 19.1. The Morgan fingerprint density at radius 3 is 2.61 bits per heavy atom. The highest BCUT2D eigenvalue weighted by Crippen LogP contribution is 2.33. The highest BCUT2D eigenvalue weighted by Gasteiger charge is 2.30.